The summed E-state index contributed by atoms with van der Waals surface area (Å²) in [6.07, 6.45) is 1.69. The van der Waals surface area contributed by atoms with E-state index in [9.17, 15) is 4.79 Å². The summed E-state index contributed by atoms with van der Waals surface area (Å²) in [5.74, 6) is -0.0646. The number of carbonyl (C=O) groups is 1. The number of carbonyl (C=O) groups excluding carboxylic acids is 1. The van der Waals surface area contributed by atoms with Gasteiger partial charge in [0, 0.05) is 28.5 Å². The molecule has 128 valence electrons. The van der Waals surface area contributed by atoms with Crippen LogP contribution in [0, 0.1) is 19.3 Å². The number of hydrogen-bond donors (Lipinski definition) is 3. The molecule has 3 aromatic rings. The molecule has 0 bridgehead atoms. The number of aromatic amines is 1. The molecule has 2 heterocycles. The Labute approximate surface area is 149 Å². The highest BCUT2D eigenvalue weighted by Crippen LogP contribution is 2.24. The Morgan fingerprint density at radius 1 is 1.32 bits per heavy atom. The fraction of sp³-hybridized carbons (Fsp3) is 0.167. The lowest BCUT2D eigenvalue weighted by Gasteiger charge is -2.20. The second-order valence-corrected chi connectivity index (χ2v) is 6.68. The van der Waals surface area contributed by atoms with Crippen LogP contribution in [0.2, 0.25) is 0 Å². The van der Waals surface area contributed by atoms with Gasteiger partial charge in [-0.05, 0) is 25.5 Å². The van der Waals surface area contributed by atoms with E-state index in [0.29, 0.717) is 22.8 Å². The summed E-state index contributed by atoms with van der Waals surface area (Å²) in [5.41, 5.74) is 9.54. The zero-order chi connectivity index (χ0) is 18.0. The molecule has 1 amide bonds. The van der Waals surface area contributed by atoms with Gasteiger partial charge in [0.1, 0.15) is 5.84 Å². The van der Waals surface area contributed by atoms with Crippen LogP contribution in [0.3, 0.4) is 0 Å². The molecule has 0 saturated heterocycles. The van der Waals surface area contributed by atoms with Crippen LogP contribution in [0.1, 0.15) is 32.9 Å². The summed E-state index contributed by atoms with van der Waals surface area (Å²) in [5, 5.41) is 9.97. The molecule has 0 atom stereocenters. The van der Waals surface area contributed by atoms with Crippen molar-refractivity contribution in [2.24, 2.45) is 5.73 Å². The lowest BCUT2D eigenvalue weighted by molar-refractivity contribution is 0.0984. The molecule has 0 aliphatic carbocycles. The van der Waals surface area contributed by atoms with Gasteiger partial charge in [-0.1, -0.05) is 24.3 Å². The maximum Gasteiger partial charge on any atom is 0.262 e. The number of amidine groups is 1. The summed E-state index contributed by atoms with van der Waals surface area (Å²) in [7, 11) is 0. The number of nitrogens with zero attached hydrogens (tertiary/aromatic N) is 2. The molecule has 2 aromatic heterocycles. The molecule has 0 spiro atoms. The Morgan fingerprint density at radius 3 is 2.56 bits per heavy atom. The zero-order valence-electron chi connectivity index (χ0n) is 14.0. The highest BCUT2D eigenvalue weighted by atomic mass is 32.1. The number of hydrogen-bond acceptors (Lipinski definition) is 4. The molecule has 1 aromatic carbocycles. The molecule has 6 nitrogen and oxygen atoms in total. The van der Waals surface area contributed by atoms with Gasteiger partial charge in [0.05, 0.1) is 12.1 Å². The fourth-order valence-electron chi connectivity index (χ4n) is 2.64. The van der Waals surface area contributed by atoms with Crippen LogP contribution >= 0.6 is 11.3 Å². The first-order valence-electron chi connectivity index (χ1n) is 7.76. The summed E-state index contributed by atoms with van der Waals surface area (Å²) < 4.78 is 0. The number of anilines is 1. The number of nitrogens with two attached hydrogens (primary N) is 1. The molecule has 0 aliphatic rings. The van der Waals surface area contributed by atoms with Crippen molar-refractivity contribution < 1.29 is 4.79 Å². The molecule has 0 fully saturated rings. The van der Waals surface area contributed by atoms with Crippen LogP contribution in [0.25, 0.3) is 0 Å². The number of nitrogen functional groups attached to an aromatic ring is 1. The van der Waals surface area contributed by atoms with Gasteiger partial charge in [0.2, 0.25) is 0 Å². The third kappa shape index (κ3) is 3.61. The molecule has 0 aliphatic heterocycles. The Balaban J connectivity index is 1.92. The van der Waals surface area contributed by atoms with Crippen LogP contribution in [0.15, 0.2) is 41.9 Å². The average molecular weight is 353 g/mol. The van der Waals surface area contributed by atoms with Gasteiger partial charge in [-0.3, -0.25) is 15.1 Å². The minimum atomic E-state index is -0.0903. The number of aryl methyl sites for hydroxylation is 2. The third-order valence-corrected chi connectivity index (χ3v) is 4.68. The van der Waals surface area contributed by atoms with Gasteiger partial charge < -0.3 is 10.7 Å². The molecule has 25 heavy (non-hydrogen) atoms. The first kappa shape index (κ1) is 16.9. The Morgan fingerprint density at radius 2 is 2.04 bits per heavy atom. The standard InChI is InChI=1S/C18H19N5OS/c1-11-9-15(12(2)22-11)17(24)23(18-21-7-8-25-18)10-13-3-5-14(6-4-13)16(19)20/h3-9,22H,10H2,1-2H3,(H3,19,20). The molecule has 4 N–H and O–H groups in total. The summed E-state index contributed by atoms with van der Waals surface area (Å²) in [4.78, 5) is 22.2. The molecular formula is C18H19N5OS. The summed E-state index contributed by atoms with van der Waals surface area (Å²) in [6.45, 7) is 4.22. The lowest BCUT2D eigenvalue weighted by atomic mass is 10.1. The number of nitrogens with one attached hydrogen (secondary N) is 2. The SMILES string of the molecule is Cc1cc(C(=O)N(Cc2ccc(C(=N)N)cc2)c2nccs2)c(C)[nH]1. The van der Waals surface area contributed by atoms with Crippen LogP contribution < -0.4 is 10.6 Å². The minimum Gasteiger partial charge on any atom is -0.384 e. The van der Waals surface area contributed by atoms with Crippen LogP contribution in [-0.4, -0.2) is 21.7 Å². The number of H-pyrrole nitrogens is 1. The van der Waals surface area contributed by atoms with E-state index in [4.69, 9.17) is 11.1 Å². The largest absolute Gasteiger partial charge is 0.384 e. The van der Waals surface area contributed by atoms with E-state index in [-0.39, 0.29) is 11.7 Å². The monoisotopic (exact) mass is 353 g/mol. The van der Waals surface area contributed by atoms with E-state index in [2.05, 4.69) is 9.97 Å². The predicted octanol–water partition coefficient (Wildman–Crippen LogP) is 3.22. The van der Waals surface area contributed by atoms with E-state index in [1.165, 1.54) is 11.3 Å². The second kappa shape index (κ2) is 6.90. The van der Waals surface area contributed by atoms with Gasteiger partial charge in [-0.2, -0.15) is 0 Å². The van der Waals surface area contributed by atoms with Gasteiger partial charge >= 0.3 is 0 Å². The van der Waals surface area contributed by atoms with Gasteiger partial charge in [-0.25, -0.2) is 4.98 Å². The Kier molecular flexibility index (Phi) is 4.67. The van der Waals surface area contributed by atoms with E-state index in [1.807, 2.05) is 37.4 Å². The van der Waals surface area contributed by atoms with Crippen molar-refractivity contribution in [2.75, 3.05) is 4.90 Å². The van der Waals surface area contributed by atoms with Crippen molar-refractivity contribution >= 4 is 28.2 Å². The van der Waals surface area contributed by atoms with Crippen molar-refractivity contribution in [1.82, 2.24) is 9.97 Å². The number of aromatic nitrogens is 2. The van der Waals surface area contributed by atoms with Crippen molar-refractivity contribution in [3.8, 4) is 0 Å². The number of rotatable bonds is 5. The number of thiazole rings is 1. The zero-order valence-corrected chi connectivity index (χ0v) is 14.9. The maximum atomic E-state index is 13.1. The van der Waals surface area contributed by atoms with Crippen molar-refractivity contribution in [3.05, 3.63) is 70.0 Å². The van der Waals surface area contributed by atoms with Crippen LogP contribution in [0.4, 0.5) is 5.13 Å². The fourth-order valence-corrected chi connectivity index (χ4v) is 3.28. The van der Waals surface area contributed by atoms with Crippen molar-refractivity contribution in [1.29, 1.82) is 5.41 Å². The first-order chi connectivity index (χ1) is 12.0. The van der Waals surface area contributed by atoms with Crippen molar-refractivity contribution in [3.63, 3.8) is 0 Å². The molecule has 7 heteroatoms. The molecule has 0 saturated carbocycles. The maximum absolute atomic E-state index is 13.1. The van der Waals surface area contributed by atoms with Crippen molar-refractivity contribution in [2.45, 2.75) is 20.4 Å². The summed E-state index contributed by atoms with van der Waals surface area (Å²) in [6, 6.07) is 9.18. The third-order valence-electron chi connectivity index (χ3n) is 3.88. The lowest BCUT2D eigenvalue weighted by Crippen LogP contribution is -2.30. The highest BCUT2D eigenvalue weighted by molar-refractivity contribution is 7.13. The smallest absolute Gasteiger partial charge is 0.262 e. The number of amides is 1. The van der Waals surface area contributed by atoms with Gasteiger partial charge in [-0.15, -0.1) is 11.3 Å². The predicted molar refractivity (Wildman–Crippen MR) is 100 cm³/mol. The molecular weight excluding hydrogens is 334 g/mol. The Bertz CT molecular complexity index is 896. The second-order valence-electron chi connectivity index (χ2n) is 5.81. The van der Waals surface area contributed by atoms with E-state index >= 15 is 0 Å². The Hall–Kier alpha value is -2.93. The molecule has 0 unspecified atom stereocenters. The average Bonchev–Trinajstić information content (AvgIpc) is 3.22. The quantitative estimate of drug-likeness (QED) is 0.485. The molecule has 3 rings (SSSR count). The number of benzene rings is 1. The minimum absolute atomic E-state index is 0.0258. The van der Waals surface area contributed by atoms with E-state index < -0.39 is 0 Å². The topological polar surface area (TPSA) is 98.9 Å². The first-order valence-corrected chi connectivity index (χ1v) is 8.64. The van der Waals surface area contributed by atoms with Gasteiger partial charge in [0.25, 0.3) is 5.91 Å². The normalized spacial score (nSPS) is 10.6. The van der Waals surface area contributed by atoms with E-state index in [0.717, 1.165) is 17.0 Å². The van der Waals surface area contributed by atoms with Crippen LogP contribution in [0.5, 0.6) is 0 Å². The highest BCUT2D eigenvalue weighted by Gasteiger charge is 2.23. The van der Waals surface area contributed by atoms with Gasteiger partial charge in [0.15, 0.2) is 5.13 Å². The molecule has 0 radical (unpaired) electrons. The van der Waals surface area contributed by atoms with E-state index in [1.54, 1.807) is 23.2 Å². The van der Waals surface area contributed by atoms with Crippen LogP contribution in [-0.2, 0) is 6.54 Å². The summed E-state index contributed by atoms with van der Waals surface area (Å²) >= 11 is 1.42.